The zero-order chi connectivity index (χ0) is 18.2. The molecule has 6 nitrogen and oxygen atoms in total. The predicted molar refractivity (Wildman–Crippen MR) is 95.6 cm³/mol. The first-order valence-corrected chi connectivity index (χ1v) is 8.40. The van der Waals surface area contributed by atoms with Gasteiger partial charge in [-0.2, -0.15) is 0 Å². The van der Waals surface area contributed by atoms with Crippen LogP contribution in [0.1, 0.15) is 42.9 Å². The monoisotopic (exact) mass is 344 g/mol. The Bertz CT molecular complexity index is 676. The molecule has 0 bridgehead atoms. The Balaban J connectivity index is 1.84. The molecular weight excluding hydrogens is 320 g/mol. The molecule has 1 aromatic heterocycles. The number of benzene rings is 1. The fourth-order valence-electron chi connectivity index (χ4n) is 2.50. The molecule has 0 aliphatic carbocycles. The molecule has 25 heavy (non-hydrogen) atoms. The van der Waals surface area contributed by atoms with Gasteiger partial charge in [0.1, 0.15) is 5.76 Å². The van der Waals surface area contributed by atoms with E-state index in [4.69, 9.17) is 9.15 Å². The lowest BCUT2D eigenvalue weighted by atomic mass is 10.2. The normalized spacial score (nSPS) is 11.6. The third-order valence-electron chi connectivity index (χ3n) is 3.91. The number of anilines is 1. The third-order valence-corrected chi connectivity index (χ3v) is 3.91. The number of carbonyl (C=O) groups is 2. The topological polar surface area (TPSA) is 71.8 Å². The fraction of sp³-hybridized carbons (Fsp3) is 0.368. The standard InChI is InChI=1S/C19H24N2O4/c1-4-21(5-2)16-10-8-15(9-11-16)19(23)25-13-18(22)20-14(3)17-7-6-12-24-17/h6-12,14H,4-5,13H2,1-3H3,(H,20,22)/t14-/m0/s1. The van der Waals surface area contributed by atoms with Crippen LogP contribution in [0.2, 0.25) is 0 Å². The molecule has 0 saturated carbocycles. The molecule has 1 amide bonds. The van der Waals surface area contributed by atoms with E-state index < -0.39 is 5.97 Å². The quantitative estimate of drug-likeness (QED) is 0.745. The van der Waals surface area contributed by atoms with Gasteiger partial charge in [-0.1, -0.05) is 0 Å². The molecular formula is C19H24N2O4. The minimum absolute atomic E-state index is 0.283. The maximum absolute atomic E-state index is 12.0. The largest absolute Gasteiger partial charge is 0.467 e. The van der Waals surface area contributed by atoms with E-state index in [1.807, 2.05) is 12.1 Å². The highest BCUT2D eigenvalue weighted by Crippen LogP contribution is 2.15. The summed E-state index contributed by atoms with van der Waals surface area (Å²) in [4.78, 5) is 26.1. The van der Waals surface area contributed by atoms with E-state index in [1.165, 1.54) is 0 Å². The third kappa shape index (κ3) is 5.11. The number of furan rings is 1. The molecule has 0 aliphatic heterocycles. The first-order valence-electron chi connectivity index (χ1n) is 8.40. The lowest BCUT2D eigenvalue weighted by molar-refractivity contribution is -0.125. The van der Waals surface area contributed by atoms with Crippen molar-refractivity contribution < 1.29 is 18.7 Å². The van der Waals surface area contributed by atoms with Crippen LogP contribution in [0.15, 0.2) is 47.1 Å². The second kappa shape index (κ2) is 8.92. The maximum atomic E-state index is 12.0. The number of esters is 1. The number of rotatable bonds is 8. The van der Waals surface area contributed by atoms with E-state index in [-0.39, 0.29) is 18.6 Å². The molecule has 2 rings (SSSR count). The van der Waals surface area contributed by atoms with Gasteiger partial charge in [0.15, 0.2) is 6.61 Å². The summed E-state index contributed by atoms with van der Waals surface area (Å²) in [5.74, 6) is -0.254. The lowest BCUT2D eigenvalue weighted by Crippen LogP contribution is -2.31. The molecule has 0 fully saturated rings. The number of hydrogen-bond donors (Lipinski definition) is 1. The van der Waals surface area contributed by atoms with Gasteiger partial charge in [-0.3, -0.25) is 4.79 Å². The van der Waals surface area contributed by atoms with E-state index in [1.54, 1.807) is 37.5 Å². The first kappa shape index (κ1) is 18.6. The van der Waals surface area contributed by atoms with Crippen LogP contribution in [0.25, 0.3) is 0 Å². The summed E-state index contributed by atoms with van der Waals surface area (Å²) >= 11 is 0. The van der Waals surface area contributed by atoms with E-state index in [9.17, 15) is 9.59 Å². The van der Waals surface area contributed by atoms with Crippen LogP contribution in [0.5, 0.6) is 0 Å². The second-order valence-electron chi connectivity index (χ2n) is 5.60. The van der Waals surface area contributed by atoms with Crippen LogP contribution < -0.4 is 10.2 Å². The molecule has 2 aromatic rings. The first-order chi connectivity index (χ1) is 12.0. The van der Waals surface area contributed by atoms with Gasteiger partial charge in [0, 0.05) is 18.8 Å². The Kier molecular flexibility index (Phi) is 6.62. The van der Waals surface area contributed by atoms with Gasteiger partial charge in [0.2, 0.25) is 0 Å². The van der Waals surface area contributed by atoms with Gasteiger partial charge in [-0.25, -0.2) is 4.79 Å². The maximum Gasteiger partial charge on any atom is 0.338 e. The lowest BCUT2D eigenvalue weighted by Gasteiger charge is -2.20. The highest BCUT2D eigenvalue weighted by molar-refractivity contribution is 5.91. The van der Waals surface area contributed by atoms with Crippen molar-refractivity contribution in [2.24, 2.45) is 0 Å². The van der Waals surface area contributed by atoms with Gasteiger partial charge < -0.3 is 19.4 Å². The van der Waals surface area contributed by atoms with Crippen molar-refractivity contribution in [1.29, 1.82) is 0 Å². The minimum atomic E-state index is -0.521. The number of amides is 1. The van der Waals surface area contributed by atoms with Crippen molar-refractivity contribution in [1.82, 2.24) is 5.32 Å². The molecule has 0 aliphatic rings. The highest BCUT2D eigenvalue weighted by atomic mass is 16.5. The molecule has 1 N–H and O–H groups in total. The van der Waals surface area contributed by atoms with Crippen LogP contribution in [0.4, 0.5) is 5.69 Å². The predicted octanol–water partition coefficient (Wildman–Crippen LogP) is 3.16. The van der Waals surface area contributed by atoms with Gasteiger partial charge in [-0.05, 0) is 57.2 Å². The van der Waals surface area contributed by atoms with Gasteiger partial charge >= 0.3 is 5.97 Å². The van der Waals surface area contributed by atoms with Gasteiger partial charge in [-0.15, -0.1) is 0 Å². The van der Waals surface area contributed by atoms with E-state index >= 15 is 0 Å². The Morgan fingerprint density at radius 1 is 1.16 bits per heavy atom. The summed E-state index contributed by atoms with van der Waals surface area (Å²) in [6, 6.07) is 10.4. The summed E-state index contributed by atoms with van der Waals surface area (Å²) in [6.45, 7) is 7.41. The summed E-state index contributed by atoms with van der Waals surface area (Å²) in [5.41, 5.74) is 1.47. The van der Waals surface area contributed by atoms with Crippen LogP contribution in [-0.2, 0) is 9.53 Å². The molecule has 134 valence electrons. The van der Waals surface area contributed by atoms with Crippen molar-refractivity contribution in [3.05, 3.63) is 54.0 Å². The fourth-order valence-corrected chi connectivity index (χ4v) is 2.50. The minimum Gasteiger partial charge on any atom is -0.467 e. The Hall–Kier alpha value is -2.76. The number of ether oxygens (including phenoxy) is 1. The Labute approximate surface area is 147 Å². The van der Waals surface area contributed by atoms with E-state index in [0.29, 0.717) is 11.3 Å². The van der Waals surface area contributed by atoms with Crippen LogP contribution in [-0.4, -0.2) is 31.6 Å². The molecule has 1 atom stereocenters. The smallest absolute Gasteiger partial charge is 0.338 e. The number of nitrogens with zero attached hydrogens (tertiary/aromatic N) is 1. The average molecular weight is 344 g/mol. The van der Waals surface area contributed by atoms with Crippen molar-refractivity contribution >= 4 is 17.6 Å². The average Bonchev–Trinajstić information content (AvgIpc) is 3.16. The zero-order valence-corrected chi connectivity index (χ0v) is 14.8. The highest BCUT2D eigenvalue weighted by Gasteiger charge is 2.14. The van der Waals surface area contributed by atoms with Crippen LogP contribution >= 0.6 is 0 Å². The molecule has 0 saturated heterocycles. The van der Waals surface area contributed by atoms with Crippen LogP contribution in [0, 0.1) is 0 Å². The van der Waals surface area contributed by atoms with Crippen molar-refractivity contribution in [3.63, 3.8) is 0 Å². The van der Waals surface area contributed by atoms with Gasteiger partial charge in [0.25, 0.3) is 5.91 Å². The zero-order valence-electron chi connectivity index (χ0n) is 14.8. The molecule has 1 aromatic carbocycles. The SMILES string of the molecule is CCN(CC)c1ccc(C(=O)OCC(=O)N[C@@H](C)c2ccco2)cc1. The molecule has 6 heteroatoms. The molecule has 0 unspecified atom stereocenters. The van der Waals surface area contributed by atoms with Crippen molar-refractivity contribution in [3.8, 4) is 0 Å². The number of carbonyl (C=O) groups excluding carboxylic acids is 2. The molecule has 0 radical (unpaired) electrons. The summed E-state index contributed by atoms with van der Waals surface area (Å²) in [7, 11) is 0. The molecule has 0 spiro atoms. The number of hydrogen-bond acceptors (Lipinski definition) is 5. The van der Waals surface area contributed by atoms with E-state index in [2.05, 4.69) is 24.1 Å². The van der Waals surface area contributed by atoms with Crippen LogP contribution in [0.3, 0.4) is 0 Å². The molecule has 1 heterocycles. The Morgan fingerprint density at radius 3 is 2.40 bits per heavy atom. The van der Waals surface area contributed by atoms with Crippen molar-refractivity contribution in [2.45, 2.75) is 26.8 Å². The Morgan fingerprint density at radius 2 is 1.84 bits per heavy atom. The number of nitrogens with one attached hydrogen (secondary N) is 1. The van der Waals surface area contributed by atoms with Gasteiger partial charge in [0.05, 0.1) is 17.9 Å². The second-order valence-corrected chi connectivity index (χ2v) is 5.60. The summed E-state index contributed by atoms with van der Waals surface area (Å²) < 4.78 is 10.3. The van der Waals surface area contributed by atoms with E-state index in [0.717, 1.165) is 18.8 Å². The summed E-state index contributed by atoms with van der Waals surface area (Å²) in [5, 5.41) is 2.71. The summed E-state index contributed by atoms with van der Waals surface area (Å²) in [6.07, 6.45) is 1.54. The van der Waals surface area contributed by atoms with Crippen molar-refractivity contribution in [2.75, 3.05) is 24.6 Å².